The van der Waals surface area contributed by atoms with Gasteiger partial charge >= 0.3 is 5.97 Å². The van der Waals surface area contributed by atoms with Crippen LogP contribution in [-0.2, 0) is 0 Å². The number of unbranched alkanes of at least 4 members (excludes halogenated alkanes) is 1. The van der Waals surface area contributed by atoms with Gasteiger partial charge in [-0.15, -0.1) is 0 Å². The molecule has 2 aromatic rings. The molecule has 24 heavy (non-hydrogen) atoms. The molecular weight excluding hydrogens is 373 g/mol. The Kier molecular flexibility index (Phi) is 7.03. The predicted octanol–water partition coefficient (Wildman–Crippen LogP) is 5.62. The molecule has 0 saturated carbocycles. The molecule has 7 heteroatoms. The van der Waals surface area contributed by atoms with Crippen molar-refractivity contribution in [1.29, 1.82) is 0 Å². The van der Waals surface area contributed by atoms with Crippen LogP contribution in [0.15, 0.2) is 36.4 Å². The van der Waals surface area contributed by atoms with Crippen molar-refractivity contribution < 1.29 is 14.6 Å². The zero-order chi connectivity index (χ0) is 17.5. The molecule has 0 aromatic heterocycles. The lowest BCUT2D eigenvalue weighted by Gasteiger charge is -2.12. The van der Waals surface area contributed by atoms with E-state index in [2.05, 4.69) is 5.32 Å². The Morgan fingerprint density at radius 3 is 2.62 bits per heavy atom. The molecule has 0 unspecified atom stereocenters. The molecule has 0 radical (unpaired) electrons. The first-order valence-corrected chi connectivity index (χ1v) is 8.46. The van der Waals surface area contributed by atoms with Crippen LogP contribution in [0.3, 0.4) is 0 Å². The lowest BCUT2D eigenvalue weighted by atomic mass is 10.1. The SMILES string of the molecule is O=C(O)c1cccc(Cl)c1NCCCCOc1cc(Cl)ccc1Cl. The van der Waals surface area contributed by atoms with E-state index in [-0.39, 0.29) is 5.56 Å². The number of hydrogen-bond acceptors (Lipinski definition) is 3. The fourth-order valence-corrected chi connectivity index (χ4v) is 2.67. The molecule has 0 saturated heterocycles. The van der Waals surface area contributed by atoms with Crippen molar-refractivity contribution in [3.63, 3.8) is 0 Å². The van der Waals surface area contributed by atoms with Gasteiger partial charge in [0.05, 0.1) is 27.9 Å². The minimum atomic E-state index is -1.01. The van der Waals surface area contributed by atoms with Crippen molar-refractivity contribution in [3.8, 4) is 5.75 Å². The fourth-order valence-electron chi connectivity index (χ4n) is 2.09. The van der Waals surface area contributed by atoms with E-state index in [9.17, 15) is 4.79 Å². The lowest BCUT2D eigenvalue weighted by molar-refractivity contribution is 0.0698. The summed E-state index contributed by atoms with van der Waals surface area (Å²) in [7, 11) is 0. The highest BCUT2D eigenvalue weighted by Crippen LogP contribution is 2.28. The molecule has 0 bridgehead atoms. The molecule has 0 spiro atoms. The molecule has 2 N–H and O–H groups in total. The first-order valence-electron chi connectivity index (χ1n) is 7.32. The van der Waals surface area contributed by atoms with Crippen LogP contribution in [0.4, 0.5) is 5.69 Å². The summed E-state index contributed by atoms with van der Waals surface area (Å²) < 4.78 is 5.59. The monoisotopic (exact) mass is 387 g/mol. The molecular formula is C17H16Cl3NO3. The Balaban J connectivity index is 1.78. The minimum Gasteiger partial charge on any atom is -0.492 e. The molecule has 0 heterocycles. The summed E-state index contributed by atoms with van der Waals surface area (Å²) >= 11 is 18.0. The van der Waals surface area contributed by atoms with Gasteiger partial charge in [-0.2, -0.15) is 0 Å². The second kappa shape index (κ2) is 9.02. The normalized spacial score (nSPS) is 10.5. The summed E-state index contributed by atoms with van der Waals surface area (Å²) in [5.74, 6) is -0.463. The highest BCUT2D eigenvalue weighted by molar-refractivity contribution is 6.34. The van der Waals surface area contributed by atoms with E-state index in [1.807, 2.05) is 0 Å². The molecule has 0 fully saturated rings. The van der Waals surface area contributed by atoms with Gasteiger partial charge in [-0.1, -0.05) is 40.9 Å². The number of nitrogens with one attached hydrogen (secondary N) is 1. The summed E-state index contributed by atoms with van der Waals surface area (Å²) in [6, 6.07) is 9.84. The summed E-state index contributed by atoms with van der Waals surface area (Å²) in [5, 5.41) is 13.7. The van der Waals surface area contributed by atoms with Crippen molar-refractivity contribution in [2.24, 2.45) is 0 Å². The number of anilines is 1. The average molecular weight is 389 g/mol. The van der Waals surface area contributed by atoms with Gasteiger partial charge in [0.15, 0.2) is 0 Å². The lowest BCUT2D eigenvalue weighted by Crippen LogP contribution is -2.09. The summed E-state index contributed by atoms with van der Waals surface area (Å²) in [6.45, 7) is 1.06. The Morgan fingerprint density at radius 2 is 1.88 bits per heavy atom. The maximum Gasteiger partial charge on any atom is 0.337 e. The van der Waals surface area contributed by atoms with E-state index < -0.39 is 5.97 Å². The van der Waals surface area contributed by atoms with E-state index in [0.29, 0.717) is 39.7 Å². The van der Waals surface area contributed by atoms with E-state index in [0.717, 1.165) is 12.8 Å². The van der Waals surface area contributed by atoms with E-state index in [1.54, 1.807) is 30.3 Å². The van der Waals surface area contributed by atoms with Gasteiger partial charge in [0.1, 0.15) is 5.75 Å². The van der Waals surface area contributed by atoms with Crippen LogP contribution < -0.4 is 10.1 Å². The topological polar surface area (TPSA) is 58.6 Å². The quantitative estimate of drug-likeness (QED) is 0.577. The Labute approximate surface area is 155 Å². The third-order valence-electron chi connectivity index (χ3n) is 3.27. The Morgan fingerprint density at radius 1 is 1.08 bits per heavy atom. The Hall–Kier alpha value is -1.62. The molecule has 2 rings (SSSR count). The van der Waals surface area contributed by atoms with E-state index in [4.69, 9.17) is 44.6 Å². The van der Waals surface area contributed by atoms with Crippen LogP contribution in [0, 0.1) is 0 Å². The van der Waals surface area contributed by atoms with Crippen molar-refractivity contribution in [1.82, 2.24) is 0 Å². The second-order valence-corrected chi connectivity index (χ2v) is 6.28. The number of carboxylic acids is 1. The minimum absolute atomic E-state index is 0.157. The molecule has 0 aliphatic carbocycles. The average Bonchev–Trinajstić information content (AvgIpc) is 2.54. The molecule has 2 aromatic carbocycles. The summed E-state index contributed by atoms with van der Waals surface area (Å²) in [6.07, 6.45) is 1.55. The zero-order valence-electron chi connectivity index (χ0n) is 12.7. The maximum absolute atomic E-state index is 11.2. The molecule has 4 nitrogen and oxygen atoms in total. The van der Waals surface area contributed by atoms with Gasteiger partial charge in [-0.05, 0) is 37.1 Å². The number of carboxylic acid groups (broad SMARTS) is 1. The molecule has 0 aliphatic heterocycles. The van der Waals surface area contributed by atoms with Gasteiger partial charge in [0, 0.05) is 17.6 Å². The van der Waals surface area contributed by atoms with Crippen LogP contribution in [-0.4, -0.2) is 24.2 Å². The van der Waals surface area contributed by atoms with Gasteiger partial charge in [0.25, 0.3) is 0 Å². The van der Waals surface area contributed by atoms with Gasteiger partial charge in [-0.25, -0.2) is 4.79 Å². The summed E-state index contributed by atoms with van der Waals surface area (Å²) in [4.78, 5) is 11.2. The van der Waals surface area contributed by atoms with Crippen LogP contribution in [0.5, 0.6) is 5.75 Å². The van der Waals surface area contributed by atoms with E-state index >= 15 is 0 Å². The first-order chi connectivity index (χ1) is 11.5. The molecule has 128 valence electrons. The number of para-hydroxylation sites is 1. The third-order valence-corrected chi connectivity index (χ3v) is 4.13. The van der Waals surface area contributed by atoms with Crippen molar-refractivity contribution in [2.45, 2.75) is 12.8 Å². The van der Waals surface area contributed by atoms with Crippen molar-refractivity contribution >= 4 is 46.5 Å². The van der Waals surface area contributed by atoms with E-state index in [1.165, 1.54) is 6.07 Å². The predicted molar refractivity (Wildman–Crippen MR) is 98.1 cm³/mol. The van der Waals surface area contributed by atoms with Crippen LogP contribution in [0.25, 0.3) is 0 Å². The molecule has 0 aliphatic rings. The number of halogens is 3. The Bertz CT molecular complexity index is 722. The first kappa shape index (κ1) is 18.7. The number of rotatable bonds is 8. The fraction of sp³-hybridized carbons (Fsp3) is 0.235. The summed E-state index contributed by atoms with van der Waals surface area (Å²) in [5.41, 5.74) is 0.593. The van der Waals surface area contributed by atoms with Gasteiger partial charge in [-0.3, -0.25) is 0 Å². The number of hydrogen-bond donors (Lipinski definition) is 2. The third kappa shape index (κ3) is 5.20. The highest BCUT2D eigenvalue weighted by atomic mass is 35.5. The number of benzene rings is 2. The number of ether oxygens (including phenoxy) is 1. The van der Waals surface area contributed by atoms with Crippen molar-refractivity contribution in [3.05, 3.63) is 57.0 Å². The molecule has 0 atom stereocenters. The standard InChI is InChI=1S/C17H16Cl3NO3/c18-11-6-7-13(19)15(10-11)24-9-2-1-8-21-16-12(17(22)23)4-3-5-14(16)20/h3-7,10,21H,1-2,8-9H2,(H,22,23). The maximum atomic E-state index is 11.2. The largest absolute Gasteiger partial charge is 0.492 e. The van der Waals surface area contributed by atoms with Gasteiger partial charge in [0.2, 0.25) is 0 Å². The molecule has 0 amide bonds. The second-order valence-electron chi connectivity index (χ2n) is 5.02. The van der Waals surface area contributed by atoms with Gasteiger partial charge < -0.3 is 15.2 Å². The van der Waals surface area contributed by atoms with Crippen LogP contribution in [0.1, 0.15) is 23.2 Å². The number of carbonyl (C=O) groups is 1. The number of aromatic carboxylic acids is 1. The van der Waals surface area contributed by atoms with Crippen LogP contribution in [0.2, 0.25) is 15.1 Å². The van der Waals surface area contributed by atoms with Crippen LogP contribution >= 0.6 is 34.8 Å². The highest BCUT2D eigenvalue weighted by Gasteiger charge is 2.12. The smallest absolute Gasteiger partial charge is 0.337 e. The zero-order valence-corrected chi connectivity index (χ0v) is 15.0. The van der Waals surface area contributed by atoms with Crippen molar-refractivity contribution in [2.75, 3.05) is 18.5 Å².